The molecular weight excluding hydrogens is 290 g/mol. The Balaban J connectivity index is 1.86. The molecule has 23 heavy (non-hydrogen) atoms. The maximum atomic E-state index is 9.43. The molecular formula is C17H13N5O. The van der Waals surface area contributed by atoms with Crippen molar-refractivity contribution in [2.45, 2.75) is 0 Å². The van der Waals surface area contributed by atoms with E-state index in [1.165, 1.54) is 0 Å². The van der Waals surface area contributed by atoms with Crippen LogP contribution in [0.5, 0.6) is 5.75 Å². The summed E-state index contributed by atoms with van der Waals surface area (Å²) in [6, 6.07) is 10.6. The van der Waals surface area contributed by atoms with Gasteiger partial charge in [0, 0.05) is 23.5 Å². The van der Waals surface area contributed by atoms with Gasteiger partial charge in [0.2, 0.25) is 0 Å². The van der Waals surface area contributed by atoms with Crippen LogP contribution in [0.15, 0.2) is 61.2 Å². The maximum absolute atomic E-state index is 9.43. The Kier molecular flexibility index (Phi) is 2.94. The van der Waals surface area contributed by atoms with Crippen molar-refractivity contribution in [1.29, 1.82) is 0 Å². The highest BCUT2D eigenvalue weighted by molar-refractivity contribution is 5.66. The number of pyridine rings is 1. The highest BCUT2D eigenvalue weighted by Crippen LogP contribution is 2.25. The van der Waals surface area contributed by atoms with E-state index < -0.39 is 0 Å². The minimum atomic E-state index is 0.234. The normalized spacial score (nSPS) is 11.0. The lowest BCUT2D eigenvalue weighted by molar-refractivity contribution is 0.475. The number of hydrogen-bond acceptors (Lipinski definition) is 5. The molecule has 0 amide bonds. The van der Waals surface area contributed by atoms with Crippen LogP contribution in [0.1, 0.15) is 0 Å². The molecule has 0 aliphatic carbocycles. The lowest BCUT2D eigenvalue weighted by atomic mass is 10.1. The summed E-state index contributed by atoms with van der Waals surface area (Å²) >= 11 is 0. The minimum absolute atomic E-state index is 0.234. The van der Waals surface area contributed by atoms with Gasteiger partial charge in [-0.2, -0.15) is 0 Å². The average molecular weight is 303 g/mol. The van der Waals surface area contributed by atoms with Crippen LogP contribution in [-0.2, 0) is 0 Å². The van der Waals surface area contributed by atoms with Gasteiger partial charge in [-0.05, 0) is 36.4 Å². The van der Waals surface area contributed by atoms with Crippen molar-refractivity contribution in [3.05, 3.63) is 61.2 Å². The predicted molar refractivity (Wildman–Crippen MR) is 87.7 cm³/mol. The summed E-state index contributed by atoms with van der Waals surface area (Å²) in [4.78, 5) is 12.9. The second-order valence-corrected chi connectivity index (χ2v) is 5.16. The lowest BCUT2D eigenvalue weighted by Gasteiger charge is -2.05. The molecule has 6 heteroatoms. The van der Waals surface area contributed by atoms with Crippen molar-refractivity contribution in [2.24, 2.45) is 0 Å². The van der Waals surface area contributed by atoms with Crippen molar-refractivity contribution >= 4 is 11.5 Å². The smallest absolute Gasteiger partial charge is 0.155 e. The third kappa shape index (κ3) is 2.36. The van der Waals surface area contributed by atoms with Crippen LogP contribution in [0, 0.1) is 0 Å². The predicted octanol–water partition coefficient (Wildman–Crippen LogP) is 2.75. The first-order valence-electron chi connectivity index (χ1n) is 7.05. The summed E-state index contributed by atoms with van der Waals surface area (Å²) in [7, 11) is 0. The molecule has 4 rings (SSSR count). The van der Waals surface area contributed by atoms with E-state index in [4.69, 9.17) is 5.73 Å². The first kappa shape index (κ1) is 13.3. The Labute approximate surface area is 131 Å². The number of fused-ring (bicyclic) bond motifs is 1. The molecule has 0 unspecified atom stereocenters. The number of phenols is 1. The molecule has 3 heterocycles. The number of phenolic OH excluding ortho intramolecular Hbond substituents is 1. The maximum Gasteiger partial charge on any atom is 0.155 e. The Bertz CT molecular complexity index is 974. The van der Waals surface area contributed by atoms with E-state index >= 15 is 0 Å². The van der Waals surface area contributed by atoms with E-state index in [9.17, 15) is 5.11 Å². The van der Waals surface area contributed by atoms with Crippen LogP contribution >= 0.6 is 0 Å². The number of nitrogens with zero attached hydrogens (tertiary/aromatic N) is 4. The molecule has 3 N–H and O–H groups in total. The van der Waals surface area contributed by atoms with Crippen molar-refractivity contribution in [3.63, 3.8) is 0 Å². The van der Waals surface area contributed by atoms with Gasteiger partial charge < -0.3 is 10.8 Å². The van der Waals surface area contributed by atoms with Gasteiger partial charge in [-0.1, -0.05) is 0 Å². The van der Waals surface area contributed by atoms with Crippen LogP contribution in [0.25, 0.3) is 28.2 Å². The second-order valence-electron chi connectivity index (χ2n) is 5.16. The van der Waals surface area contributed by atoms with Gasteiger partial charge in [-0.15, -0.1) is 0 Å². The number of aromatic nitrogens is 4. The van der Waals surface area contributed by atoms with Gasteiger partial charge in [0.05, 0.1) is 23.8 Å². The zero-order valence-electron chi connectivity index (χ0n) is 12.1. The van der Waals surface area contributed by atoms with E-state index in [1.54, 1.807) is 36.8 Å². The number of rotatable bonds is 2. The number of aromatic hydroxyl groups is 1. The van der Waals surface area contributed by atoms with Crippen LogP contribution in [-0.4, -0.2) is 24.5 Å². The molecule has 0 aliphatic heterocycles. The first-order valence-corrected chi connectivity index (χ1v) is 7.05. The molecule has 0 fully saturated rings. The van der Waals surface area contributed by atoms with Crippen molar-refractivity contribution < 1.29 is 5.11 Å². The molecule has 0 aliphatic rings. The molecule has 0 atom stereocenters. The van der Waals surface area contributed by atoms with Crippen LogP contribution in [0.4, 0.5) is 5.82 Å². The Morgan fingerprint density at radius 1 is 0.826 bits per heavy atom. The van der Waals surface area contributed by atoms with Gasteiger partial charge in [0.25, 0.3) is 0 Å². The first-order chi connectivity index (χ1) is 11.2. The largest absolute Gasteiger partial charge is 0.508 e. The summed E-state index contributed by atoms with van der Waals surface area (Å²) in [5, 5.41) is 9.43. The Hall–Kier alpha value is -3.41. The highest BCUT2D eigenvalue weighted by atomic mass is 16.3. The van der Waals surface area contributed by atoms with Crippen molar-refractivity contribution in [1.82, 2.24) is 19.4 Å². The highest BCUT2D eigenvalue weighted by Gasteiger charge is 2.08. The number of hydrogen-bond donors (Lipinski definition) is 2. The number of nitrogen functional groups attached to an aromatic ring is 1. The van der Waals surface area contributed by atoms with Gasteiger partial charge in [-0.3, -0.25) is 9.38 Å². The van der Waals surface area contributed by atoms with Gasteiger partial charge in [-0.25, -0.2) is 9.97 Å². The molecule has 3 aromatic heterocycles. The molecule has 112 valence electrons. The summed E-state index contributed by atoms with van der Waals surface area (Å²) in [6.07, 6.45) is 7.11. The lowest BCUT2D eigenvalue weighted by Crippen LogP contribution is -1.94. The molecule has 4 aromatic rings. The van der Waals surface area contributed by atoms with Crippen molar-refractivity contribution in [3.8, 4) is 28.3 Å². The van der Waals surface area contributed by atoms with Gasteiger partial charge in [0.15, 0.2) is 5.65 Å². The zero-order valence-corrected chi connectivity index (χ0v) is 12.1. The SMILES string of the molecule is Nc1ccc(-c2cn3c(-c4ccc(O)cc4)cnc3cn2)cn1. The number of imidazole rings is 1. The van der Waals surface area contributed by atoms with Crippen LogP contribution < -0.4 is 5.73 Å². The number of nitrogens with two attached hydrogens (primary N) is 1. The van der Waals surface area contributed by atoms with E-state index in [0.717, 1.165) is 28.2 Å². The van der Waals surface area contributed by atoms with E-state index in [-0.39, 0.29) is 5.75 Å². The topological polar surface area (TPSA) is 89.3 Å². The molecule has 0 radical (unpaired) electrons. The molecule has 6 nitrogen and oxygen atoms in total. The third-order valence-corrected chi connectivity index (χ3v) is 3.64. The van der Waals surface area contributed by atoms with Gasteiger partial charge in [0.1, 0.15) is 11.6 Å². The van der Waals surface area contributed by atoms with E-state index in [1.807, 2.05) is 28.8 Å². The molecule has 0 saturated carbocycles. The van der Waals surface area contributed by atoms with Crippen LogP contribution in [0.3, 0.4) is 0 Å². The molecule has 0 spiro atoms. The third-order valence-electron chi connectivity index (χ3n) is 3.64. The van der Waals surface area contributed by atoms with Crippen molar-refractivity contribution in [2.75, 3.05) is 5.73 Å². The summed E-state index contributed by atoms with van der Waals surface area (Å²) < 4.78 is 1.96. The quantitative estimate of drug-likeness (QED) is 0.594. The minimum Gasteiger partial charge on any atom is -0.508 e. The Morgan fingerprint density at radius 2 is 1.61 bits per heavy atom. The fourth-order valence-electron chi connectivity index (χ4n) is 2.44. The van der Waals surface area contributed by atoms with E-state index in [0.29, 0.717) is 5.82 Å². The number of benzene rings is 1. The van der Waals surface area contributed by atoms with Crippen LogP contribution in [0.2, 0.25) is 0 Å². The van der Waals surface area contributed by atoms with E-state index in [2.05, 4.69) is 15.0 Å². The summed E-state index contributed by atoms with van der Waals surface area (Å²) in [5.74, 6) is 0.708. The standard InChI is InChI=1S/C17H13N5O/c18-16-6-3-12(7-20-16)14-10-22-15(8-21-17(22)9-19-14)11-1-4-13(23)5-2-11/h1-10,23H,(H2,18,20). The Morgan fingerprint density at radius 3 is 2.35 bits per heavy atom. The van der Waals surface area contributed by atoms with Gasteiger partial charge >= 0.3 is 0 Å². The zero-order chi connectivity index (χ0) is 15.8. The molecule has 0 bridgehead atoms. The average Bonchev–Trinajstić information content (AvgIpc) is 2.99. The fraction of sp³-hybridized carbons (Fsp3) is 0. The second kappa shape index (κ2) is 5.10. The number of anilines is 1. The summed E-state index contributed by atoms with van der Waals surface area (Å²) in [5.41, 5.74) is 9.92. The molecule has 0 saturated heterocycles. The monoisotopic (exact) mass is 303 g/mol. The summed E-state index contributed by atoms with van der Waals surface area (Å²) in [6.45, 7) is 0. The molecule has 1 aromatic carbocycles. The fourth-order valence-corrected chi connectivity index (χ4v) is 2.44.